The Balaban J connectivity index is 2.81. The van der Waals surface area contributed by atoms with Crippen LogP contribution >= 0.6 is 11.6 Å². The first-order valence-corrected chi connectivity index (χ1v) is 5.41. The lowest BCUT2D eigenvalue weighted by molar-refractivity contribution is -0.114. The third kappa shape index (κ3) is 4.28. The quantitative estimate of drug-likeness (QED) is 0.813. The lowest BCUT2D eigenvalue weighted by Gasteiger charge is -2.07. The average molecular weight is 253 g/mol. The van der Waals surface area contributed by atoms with Crippen LogP contribution in [0.2, 0.25) is 5.02 Å². The molecule has 0 aliphatic carbocycles. The molecular formula is C12H13ClN2O2. The average Bonchev–Trinajstić information content (AvgIpc) is 2.22. The van der Waals surface area contributed by atoms with Gasteiger partial charge in [-0.15, -0.1) is 0 Å². The second kappa shape index (κ2) is 6.06. The van der Waals surface area contributed by atoms with Gasteiger partial charge in [-0.05, 0) is 31.2 Å². The molecule has 0 spiro atoms. The van der Waals surface area contributed by atoms with E-state index < -0.39 is 0 Å². The molecule has 0 aliphatic heterocycles. The molecule has 0 unspecified atom stereocenters. The van der Waals surface area contributed by atoms with Crippen LogP contribution in [0.25, 0.3) is 0 Å². The van der Waals surface area contributed by atoms with Gasteiger partial charge in [-0.25, -0.2) is 0 Å². The van der Waals surface area contributed by atoms with Crippen molar-refractivity contribution in [1.82, 2.24) is 0 Å². The van der Waals surface area contributed by atoms with E-state index in [0.29, 0.717) is 16.4 Å². The zero-order valence-electron chi connectivity index (χ0n) is 9.58. The Morgan fingerprint density at radius 1 is 1.29 bits per heavy atom. The van der Waals surface area contributed by atoms with E-state index >= 15 is 0 Å². The fourth-order valence-electron chi connectivity index (χ4n) is 1.22. The molecule has 0 atom stereocenters. The smallest absolute Gasteiger partial charge is 0.248 e. The summed E-state index contributed by atoms with van der Waals surface area (Å²) in [4.78, 5) is 22.1. The van der Waals surface area contributed by atoms with E-state index in [1.165, 1.54) is 13.0 Å². The largest absolute Gasteiger partial charge is 0.325 e. The standard InChI is InChI=1S/C12H13ClN2O2/c1-3-4-12(17)15-9-5-6-11(10(13)7-9)14-8(2)16/h3-7H,1-2H3,(H,14,16)(H,15,17). The van der Waals surface area contributed by atoms with Gasteiger partial charge in [-0.1, -0.05) is 17.7 Å². The van der Waals surface area contributed by atoms with Crippen molar-refractivity contribution in [3.05, 3.63) is 35.4 Å². The van der Waals surface area contributed by atoms with Gasteiger partial charge in [-0.2, -0.15) is 0 Å². The number of anilines is 2. The van der Waals surface area contributed by atoms with Crippen molar-refractivity contribution in [2.75, 3.05) is 10.6 Å². The number of rotatable bonds is 3. The van der Waals surface area contributed by atoms with Gasteiger partial charge in [0.2, 0.25) is 11.8 Å². The van der Waals surface area contributed by atoms with E-state index in [2.05, 4.69) is 10.6 Å². The summed E-state index contributed by atoms with van der Waals surface area (Å²) >= 11 is 5.95. The monoisotopic (exact) mass is 252 g/mol. The molecule has 0 saturated heterocycles. The molecule has 0 heterocycles. The summed E-state index contributed by atoms with van der Waals surface area (Å²) in [6.07, 6.45) is 3.05. The summed E-state index contributed by atoms with van der Waals surface area (Å²) in [5, 5.41) is 5.60. The summed E-state index contributed by atoms with van der Waals surface area (Å²) in [5.74, 6) is -0.423. The summed E-state index contributed by atoms with van der Waals surface area (Å²) < 4.78 is 0. The summed E-state index contributed by atoms with van der Waals surface area (Å²) in [6, 6.07) is 4.88. The van der Waals surface area contributed by atoms with Crippen LogP contribution in [-0.4, -0.2) is 11.8 Å². The minimum Gasteiger partial charge on any atom is -0.325 e. The van der Waals surface area contributed by atoms with E-state index in [1.54, 1.807) is 31.2 Å². The third-order valence-electron chi connectivity index (χ3n) is 1.87. The molecule has 5 heteroatoms. The van der Waals surface area contributed by atoms with Crippen LogP contribution < -0.4 is 10.6 Å². The van der Waals surface area contributed by atoms with Gasteiger partial charge >= 0.3 is 0 Å². The first-order chi connectivity index (χ1) is 8.02. The number of allylic oxidation sites excluding steroid dienone is 1. The highest BCUT2D eigenvalue weighted by molar-refractivity contribution is 6.34. The molecule has 17 heavy (non-hydrogen) atoms. The summed E-state index contributed by atoms with van der Waals surface area (Å²) in [6.45, 7) is 3.16. The van der Waals surface area contributed by atoms with E-state index in [4.69, 9.17) is 11.6 Å². The molecule has 0 aliphatic rings. The minimum absolute atomic E-state index is 0.197. The number of halogens is 1. The number of hydrogen-bond donors (Lipinski definition) is 2. The van der Waals surface area contributed by atoms with Crippen molar-refractivity contribution in [2.24, 2.45) is 0 Å². The van der Waals surface area contributed by atoms with Gasteiger partial charge in [0.15, 0.2) is 0 Å². The zero-order valence-corrected chi connectivity index (χ0v) is 10.3. The lowest BCUT2D eigenvalue weighted by Crippen LogP contribution is -2.09. The fourth-order valence-corrected chi connectivity index (χ4v) is 1.45. The van der Waals surface area contributed by atoms with Gasteiger partial charge in [-0.3, -0.25) is 9.59 Å². The number of carbonyl (C=O) groups is 2. The summed E-state index contributed by atoms with van der Waals surface area (Å²) in [5.41, 5.74) is 1.09. The lowest BCUT2D eigenvalue weighted by atomic mass is 10.2. The maximum absolute atomic E-state index is 11.3. The molecule has 0 aromatic heterocycles. The van der Waals surface area contributed by atoms with Gasteiger partial charge in [0.25, 0.3) is 0 Å². The van der Waals surface area contributed by atoms with E-state index in [0.717, 1.165) is 0 Å². The Hall–Kier alpha value is -1.81. The third-order valence-corrected chi connectivity index (χ3v) is 2.18. The van der Waals surface area contributed by atoms with Crippen molar-refractivity contribution in [1.29, 1.82) is 0 Å². The second-order valence-corrected chi connectivity index (χ2v) is 3.77. The van der Waals surface area contributed by atoms with Crippen molar-refractivity contribution in [2.45, 2.75) is 13.8 Å². The molecule has 90 valence electrons. The Bertz CT molecular complexity index is 470. The molecule has 1 aromatic rings. The Labute approximate surface area is 105 Å². The minimum atomic E-state index is -0.226. The van der Waals surface area contributed by atoms with Crippen LogP contribution in [0, 0.1) is 0 Å². The van der Waals surface area contributed by atoms with Crippen molar-refractivity contribution in [3.63, 3.8) is 0 Å². The molecule has 0 fully saturated rings. The Morgan fingerprint density at radius 3 is 2.53 bits per heavy atom. The molecule has 1 aromatic carbocycles. The van der Waals surface area contributed by atoms with Crippen molar-refractivity contribution >= 4 is 34.8 Å². The highest BCUT2D eigenvalue weighted by atomic mass is 35.5. The molecule has 2 amide bonds. The maximum Gasteiger partial charge on any atom is 0.248 e. The van der Waals surface area contributed by atoms with Gasteiger partial charge in [0.05, 0.1) is 10.7 Å². The van der Waals surface area contributed by atoms with Crippen molar-refractivity contribution < 1.29 is 9.59 Å². The molecular weight excluding hydrogens is 240 g/mol. The van der Waals surface area contributed by atoms with Gasteiger partial charge in [0.1, 0.15) is 0 Å². The fraction of sp³-hybridized carbons (Fsp3) is 0.167. The van der Waals surface area contributed by atoms with Crippen LogP contribution in [0.1, 0.15) is 13.8 Å². The predicted octanol–water partition coefficient (Wildman–Crippen LogP) is 2.81. The zero-order chi connectivity index (χ0) is 12.8. The molecule has 0 radical (unpaired) electrons. The van der Waals surface area contributed by atoms with Crippen LogP contribution in [0.5, 0.6) is 0 Å². The van der Waals surface area contributed by atoms with Crippen LogP contribution in [-0.2, 0) is 9.59 Å². The molecule has 0 saturated carbocycles. The molecule has 1 rings (SSSR count). The molecule has 0 bridgehead atoms. The Kier molecular flexibility index (Phi) is 4.72. The number of carbonyl (C=O) groups excluding carboxylic acids is 2. The summed E-state index contributed by atoms with van der Waals surface area (Å²) in [7, 11) is 0. The van der Waals surface area contributed by atoms with Gasteiger partial charge < -0.3 is 10.6 Å². The Morgan fingerprint density at radius 2 is 2.00 bits per heavy atom. The van der Waals surface area contributed by atoms with Crippen LogP contribution in [0.15, 0.2) is 30.4 Å². The maximum atomic E-state index is 11.3. The first-order valence-electron chi connectivity index (χ1n) is 5.03. The van der Waals surface area contributed by atoms with E-state index in [9.17, 15) is 9.59 Å². The first kappa shape index (κ1) is 13.3. The normalized spacial score (nSPS) is 10.3. The van der Waals surface area contributed by atoms with Gasteiger partial charge in [0, 0.05) is 12.6 Å². The highest BCUT2D eigenvalue weighted by Crippen LogP contribution is 2.25. The van der Waals surface area contributed by atoms with E-state index in [1.807, 2.05) is 0 Å². The number of benzene rings is 1. The molecule has 2 N–H and O–H groups in total. The van der Waals surface area contributed by atoms with Crippen LogP contribution in [0.4, 0.5) is 11.4 Å². The topological polar surface area (TPSA) is 58.2 Å². The SMILES string of the molecule is CC=CC(=O)Nc1ccc(NC(C)=O)c(Cl)c1. The predicted molar refractivity (Wildman–Crippen MR) is 69.2 cm³/mol. The second-order valence-electron chi connectivity index (χ2n) is 3.37. The van der Waals surface area contributed by atoms with Crippen LogP contribution in [0.3, 0.4) is 0 Å². The number of hydrogen-bond acceptors (Lipinski definition) is 2. The number of amides is 2. The highest BCUT2D eigenvalue weighted by Gasteiger charge is 2.04. The van der Waals surface area contributed by atoms with Crippen molar-refractivity contribution in [3.8, 4) is 0 Å². The van der Waals surface area contributed by atoms with E-state index in [-0.39, 0.29) is 11.8 Å². The molecule has 4 nitrogen and oxygen atoms in total. The number of nitrogens with one attached hydrogen (secondary N) is 2.